The van der Waals surface area contributed by atoms with Crippen molar-refractivity contribution in [1.82, 2.24) is 5.32 Å². The molecule has 0 unspecified atom stereocenters. The molecule has 1 amide bonds. The van der Waals surface area contributed by atoms with Crippen molar-refractivity contribution in [2.24, 2.45) is 0 Å². The van der Waals surface area contributed by atoms with Gasteiger partial charge >= 0.3 is 5.97 Å². The van der Waals surface area contributed by atoms with Gasteiger partial charge in [0.05, 0.1) is 11.6 Å². The molecule has 0 aliphatic heterocycles. The molecule has 0 aliphatic rings. The Morgan fingerprint density at radius 3 is 2.72 bits per heavy atom. The van der Waals surface area contributed by atoms with E-state index in [1.807, 2.05) is 0 Å². The van der Waals surface area contributed by atoms with Crippen LogP contribution in [0.15, 0.2) is 24.3 Å². The first-order valence-corrected chi connectivity index (χ1v) is 5.81. The average molecular weight is 272 g/mol. The number of amides is 1. The number of esters is 1. The van der Waals surface area contributed by atoms with Gasteiger partial charge in [-0.05, 0) is 19.1 Å². The summed E-state index contributed by atoms with van der Waals surface area (Å²) in [5.74, 6) is -0.475. The lowest BCUT2D eigenvalue weighted by Gasteiger charge is -2.08. The molecule has 0 saturated carbocycles. The largest absolute Gasteiger partial charge is 0.482 e. The lowest BCUT2D eigenvalue weighted by Crippen LogP contribution is -2.34. The van der Waals surface area contributed by atoms with Crippen LogP contribution >= 0.6 is 11.6 Å². The van der Waals surface area contributed by atoms with Crippen molar-refractivity contribution in [2.45, 2.75) is 6.92 Å². The number of carbonyl (C=O) groups is 2. The summed E-state index contributed by atoms with van der Waals surface area (Å²) >= 11 is 5.85. The molecule has 0 aliphatic carbocycles. The highest BCUT2D eigenvalue weighted by atomic mass is 35.5. The summed E-state index contributed by atoms with van der Waals surface area (Å²) in [5.41, 5.74) is 0. The molecule has 1 aromatic rings. The van der Waals surface area contributed by atoms with E-state index in [4.69, 9.17) is 16.3 Å². The number of halogens is 1. The first-order valence-electron chi connectivity index (χ1n) is 5.43. The van der Waals surface area contributed by atoms with Gasteiger partial charge in [-0.3, -0.25) is 9.59 Å². The topological polar surface area (TPSA) is 64.6 Å². The fourth-order valence-electron chi connectivity index (χ4n) is 1.14. The van der Waals surface area contributed by atoms with Crippen LogP contribution in [0.5, 0.6) is 5.75 Å². The molecular formula is C12H14ClNO4. The first kappa shape index (κ1) is 14.3. The van der Waals surface area contributed by atoms with Gasteiger partial charge in [0.2, 0.25) is 0 Å². The third-order valence-corrected chi connectivity index (χ3v) is 2.24. The number of para-hydroxylation sites is 1. The van der Waals surface area contributed by atoms with Gasteiger partial charge in [0, 0.05) is 0 Å². The molecule has 0 heterocycles. The van der Waals surface area contributed by atoms with Gasteiger partial charge in [-0.25, -0.2) is 0 Å². The van der Waals surface area contributed by atoms with Crippen LogP contribution in [-0.4, -0.2) is 31.6 Å². The Morgan fingerprint density at radius 2 is 2.06 bits per heavy atom. The van der Waals surface area contributed by atoms with Gasteiger partial charge in [0.1, 0.15) is 12.3 Å². The summed E-state index contributed by atoms with van der Waals surface area (Å²) in [4.78, 5) is 22.3. The standard InChI is InChI=1S/C12H14ClNO4/c1-2-17-12(16)7-14-11(15)8-18-10-6-4-3-5-9(10)13/h3-6H,2,7-8H2,1H3,(H,14,15). The number of hydrogen-bond donors (Lipinski definition) is 1. The molecule has 6 heteroatoms. The predicted octanol–water partition coefficient (Wildman–Crippen LogP) is 1.40. The van der Waals surface area contributed by atoms with E-state index in [-0.39, 0.29) is 19.8 Å². The third-order valence-electron chi connectivity index (χ3n) is 1.93. The van der Waals surface area contributed by atoms with Gasteiger partial charge in [0.15, 0.2) is 6.61 Å². The summed E-state index contributed by atoms with van der Waals surface area (Å²) < 4.78 is 9.85. The zero-order valence-corrected chi connectivity index (χ0v) is 10.7. The fourth-order valence-corrected chi connectivity index (χ4v) is 1.33. The SMILES string of the molecule is CCOC(=O)CNC(=O)COc1ccccc1Cl. The summed E-state index contributed by atoms with van der Waals surface area (Å²) in [5, 5.41) is 2.80. The van der Waals surface area contributed by atoms with Crippen LogP contribution < -0.4 is 10.1 Å². The van der Waals surface area contributed by atoms with Gasteiger partial charge in [-0.1, -0.05) is 23.7 Å². The van der Waals surface area contributed by atoms with Gasteiger partial charge in [-0.2, -0.15) is 0 Å². The molecule has 0 radical (unpaired) electrons. The lowest BCUT2D eigenvalue weighted by molar-refractivity contribution is -0.143. The predicted molar refractivity (Wildman–Crippen MR) is 66.6 cm³/mol. The smallest absolute Gasteiger partial charge is 0.325 e. The highest BCUT2D eigenvalue weighted by Gasteiger charge is 2.07. The number of nitrogens with one attached hydrogen (secondary N) is 1. The van der Waals surface area contributed by atoms with Gasteiger partial charge < -0.3 is 14.8 Å². The van der Waals surface area contributed by atoms with Crippen molar-refractivity contribution in [3.8, 4) is 5.75 Å². The average Bonchev–Trinajstić information content (AvgIpc) is 2.36. The summed E-state index contributed by atoms with van der Waals surface area (Å²) in [6.07, 6.45) is 0. The monoisotopic (exact) mass is 271 g/mol. The van der Waals surface area contributed by atoms with Crippen LogP contribution in [0.4, 0.5) is 0 Å². The van der Waals surface area contributed by atoms with E-state index in [9.17, 15) is 9.59 Å². The number of carbonyl (C=O) groups excluding carboxylic acids is 2. The molecule has 5 nitrogen and oxygen atoms in total. The minimum atomic E-state index is -0.483. The minimum absolute atomic E-state index is 0.168. The second kappa shape index (κ2) is 7.55. The molecule has 0 saturated heterocycles. The van der Waals surface area contributed by atoms with Crippen molar-refractivity contribution < 1.29 is 19.1 Å². The summed E-state index contributed by atoms with van der Waals surface area (Å²) in [6, 6.07) is 6.82. The molecular weight excluding hydrogens is 258 g/mol. The van der Waals surface area contributed by atoms with E-state index in [0.29, 0.717) is 10.8 Å². The Morgan fingerprint density at radius 1 is 1.33 bits per heavy atom. The van der Waals surface area contributed by atoms with Crippen LogP contribution in [0, 0.1) is 0 Å². The van der Waals surface area contributed by atoms with E-state index in [1.54, 1.807) is 31.2 Å². The van der Waals surface area contributed by atoms with Crippen LogP contribution in [0.25, 0.3) is 0 Å². The second-order valence-corrected chi connectivity index (χ2v) is 3.71. The molecule has 1 rings (SSSR count). The maximum Gasteiger partial charge on any atom is 0.325 e. The van der Waals surface area contributed by atoms with Crippen molar-refractivity contribution in [3.63, 3.8) is 0 Å². The Bertz CT molecular complexity index is 422. The highest BCUT2D eigenvalue weighted by Crippen LogP contribution is 2.22. The summed E-state index contributed by atoms with van der Waals surface area (Å²) in [7, 11) is 0. The molecule has 0 aromatic heterocycles. The van der Waals surface area contributed by atoms with E-state index in [2.05, 4.69) is 10.1 Å². The van der Waals surface area contributed by atoms with Crippen molar-refractivity contribution in [1.29, 1.82) is 0 Å². The van der Waals surface area contributed by atoms with Crippen LogP contribution in [0.3, 0.4) is 0 Å². The maximum absolute atomic E-state index is 11.3. The maximum atomic E-state index is 11.3. The summed E-state index contributed by atoms with van der Waals surface area (Å²) in [6.45, 7) is 1.60. The highest BCUT2D eigenvalue weighted by molar-refractivity contribution is 6.32. The normalized spacial score (nSPS) is 9.67. The minimum Gasteiger partial charge on any atom is -0.482 e. The third kappa shape index (κ3) is 5.05. The molecule has 1 aromatic carbocycles. The molecule has 18 heavy (non-hydrogen) atoms. The lowest BCUT2D eigenvalue weighted by atomic mass is 10.3. The van der Waals surface area contributed by atoms with E-state index in [0.717, 1.165) is 0 Å². The molecule has 1 N–H and O–H groups in total. The number of benzene rings is 1. The zero-order valence-electron chi connectivity index (χ0n) is 9.94. The molecule has 0 bridgehead atoms. The molecule has 0 spiro atoms. The van der Waals surface area contributed by atoms with Crippen molar-refractivity contribution >= 4 is 23.5 Å². The van der Waals surface area contributed by atoms with E-state index >= 15 is 0 Å². The Kier molecular flexibility index (Phi) is 6.00. The van der Waals surface area contributed by atoms with E-state index in [1.165, 1.54) is 0 Å². The Hall–Kier alpha value is -1.75. The quantitative estimate of drug-likeness (QED) is 0.795. The first-order chi connectivity index (χ1) is 8.63. The van der Waals surface area contributed by atoms with E-state index < -0.39 is 11.9 Å². The molecule has 0 atom stereocenters. The van der Waals surface area contributed by atoms with Crippen LogP contribution in [0.1, 0.15) is 6.92 Å². The zero-order chi connectivity index (χ0) is 13.4. The Balaban J connectivity index is 2.29. The molecule has 98 valence electrons. The fraction of sp³-hybridized carbons (Fsp3) is 0.333. The van der Waals surface area contributed by atoms with Gasteiger partial charge in [-0.15, -0.1) is 0 Å². The van der Waals surface area contributed by atoms with Crippen LogP contribution in [0.2, 0.25) is 5.02 Å². The second-order valence-electron chi connectivity index (χ2n) is 3.30. The van der Waals surface area contributed by atoms with Crippen molar-refractivity contribution in [2.75, 3.05) is 19.8 Å². The van der Waals surface area contributed by atoms with Crippen LogP contribution in [-0.2, 0) is 14.3 Å². The van der Waals surface area contributed by atoms with Crippen molar-refractivity contribution in [3.05, 3.63) is 29.3 Å². The number of rotatable bonds is 6. The number of ether oxygens (including phenoxy) is 2. The Labute approximate surface area is 110 Å². The molecule has 0 fully saturated rings. The number of hydrogen-bond acceptors (Lipinski definition) is 4. The van der Waals surface area contributed by atoms with Gasteiger partial charge in [0.25, 0.3) is 5.91 Å².